The largest absolute Gasteiger partial charge is 0.393 e. The molecule has 0 saturated carbocycles. The van der Waals surface area contributed by atoms with Crippen LogP contribution in [0.15, 0.2) is 0 Å². The number of hydrogen-bond donors (Lipinski definition) is 1. The average molecular weight is 195 g/mol. The van der Waals surface area contributed by atoms with Crippen LogP contribution in [-0.2, 0) is 0 Å². The lowest BCUT2D eigenvalue weighted by Gasteiger charge is -2.30. The third-order valence-corrected chi connectivity index (χ3v) is 2.62. The van der Waals surface area contributed by atoms with Gasteiger partial charge in [0.1, 0.15) is 0 Å². The second-order valence-electron chi connectivity index (χ2n) is 3.71. The van der Waals surface area contributed by atoms with E-state index in [0.717, 1.165) is 12.8 Å². The molecule has 1 nitrogen and oxygen atoms in total. The lowest BCUT2D eigenvalue weighted by molar-refractivity contribution is -0.179. The Balaban J connectivity index is 2.30. The maximum Gasteiger partial charge on any atom is 0.393 e. The van der Waals surface area contributed by atoms with Crippen molar-refractivity contribution < 1.29 is 13.2 Å². The van der Waals surface area contributed by atoms with Gasteiger partial charge in [-0.25, -0.2) is 0 Å². The molecule has 0 aromatic heterocycles. The van der Waals surface area contributed by atoms with Gasteiger partial charge in [-0.3, -0.25) is 0 Å². The number of alkyl halides is 3. The molecule has 4 heteroatoms. The van der Waals surface area contributed by atoms with E-state index in [2.05, 4.69) is 12.2 Å². The highest BCUT2D eigenvalue weighted by molar-refractivity contribution is 4.81. The molecule has 0 amide bonds. The van der Waals surface area contributed by atoms with E-state index >= 15 is 0 Å². The first-order valence-corrected chi connectivity index (χ1v) is 4.84. The minimum absolute atomic E-state index is 0.105. The van der Waals surface area contributed by atoms with Crippen LogP contribution in [0.25, 0.3) is 0 Å². The van der Waals surface area contributed by atoms with Crippen molar-refractivity contribution in [1.82, 2.24) is 5.32 Å². The fourth-order valence-corrected chi connectivity index (χ4v) is 1.79. The number of nitrogens with one attached hydrogen (secondary N) is 1. The van der Waals surface area contributed by atoms with E-state index in [9.17, 15) is 13.2 Å². The molecule has 1 saturated heterocycles. The van der Waals surface area contributed by atoms with Crippen LogP contribution in [0.2, 0.25) is 0 Å². The highest BCUT2D eigenvalue weighted by atomic mass is 19.4. The van der Waals surface area contributed by atoms with Crippen LogP contribution in [0.4, 0.5) is 13.2 Å². The van der Waals surface area contributed by atoms with E-state index in [4.69, 9.17) is 0 Å². The summed E-state index contributed by atoms with van der Waals surface area (Å²) in [6.45, 7) is 2.16. The molecule has 0 aromatic rings. The number of hydrogen-bond acceptors (Lipinski definition) is 1. The third-order valence-electron chi connectivity index (χ3n) is 2.62. The Morgan fingerprint density at radius 1 is 1.31 bits per heavy atom. The predicted molar refractivity (Wildman–Crippen MR) is 45.5 cm³/mol. The molecule has 1 rings (SSSR count). The maximum absolute atomic E-state index is 12.2. The summed E-state index contributed by atoms with van der Waals surface area (Å²) in [5.41, 5.74) is 0. The van der Waals surface area contributed by atoms with Crippen LogP contribution in [0.3, 0.4) is 0 Å². The molecule has 0 aliphatic carbocycles. The van der Waals surface area contributed by atoms with E-state index in [-0.39, 0.29) is 6.54 Å². The average Bonchev–Trinajstić information content (AvgIpc) is 2.04. The zero-order valence-electron chi connectivity index (χ0n) is 7.82. The lowest BCUT2D eigenvalue weighted by Crippen LogP contribution is -2.44. The van der Waals surface area contributed by atoms with E-state index in [0.29, 0.717) is 18.9 Å². The van der Waals surface area contributed by atoms with E-state index in [1.54, 1.807) is 0 Å². The van der Waals surface area contributed by atoms with Gasteiger partial charge in [0.05, 0.1) is 5.92 Å². The molecule has 1 fully saturated rings. The van der Waals surface area contributed by atoms with Gasteiger partial charge in [-0.15, -0.1) is 0 Å². The van der Waals surface area contributed by atoms with Gasteiger partial charge in [-0.05, 0) is 19.3 Å². The normalized spacial score (nSPS) is 30.5. The summed E-state index contributed by atoms with van der Waals surface area (Å²) in [7, 11) is 0. The van der Waals surface area contributed by atoms with Crippen molar-refractivity contribution >= 4 is 0 Å². The van der Waals surface area contributed by atoms with Crippen molar-refractivity contribution in [3.05, 3.63) is 0 Å². The monoisotopic (exact) mass is 195 g/mol. The van der Waals surface area contributed by atoms with Gasteiger partial charge in [-0.2, -0.15) is 13.2 Å². The summed E-state index contributed by atoms with van der Waals surface area (Å²) in [6, 6.07) is 0.309. The summed E-state index contributed by atoms with van der Waals surface area (Å²) in [4.78, 5) is 0. The Morgan fingerprint density at radius 2 is 2.00 bits per heavy atom. The van der Waals surface area contributed by atoms with Crippen LogP contribution in [-0.4, -0.2) is 18.8 Å². The zero-order valence-corrected chi connectivity index (χ0v) is 7.82. The molecule has 13 heavy (non-hydrogen) atoms. The molecule has 1 heterocycles. The predicted octanol–water partition coefficient (Wildman–Crippen LogP) is 2.72. The minimum Gasteiger partial charge on any atom is -0.313 e. The standard InChI is InChI=1S/C9H16F3N/c1-2-3-8-5-4-7(6-13-8)9(10,11)12/h7-8,13H,2-6H2,1H3. The Labute approximate surface area is 76.7 Å². The van der Waals surface area contributed by atoms with E-state index in [1.807, 2.05) is 0 Å². The van der Waals surface area contributed by atoms with Crippen molar-refractivity contribution in [3.63, 3.8) is 0 Å². The molecule has 0 spiro atoms. The molecule has 1 aliphatic heterocycles. The fraction of sp³-hybridized carbons (Fsp3) is 1.00. The van der Waals surface area contributed by atoms with Crippen molar-refractivity contribution in [2.45, 2.75) is 44.8 Å². The van der Waals surface area contributed by atoms with E-state index < -0.39 is 12.1 Å². The van der Waals surface area contributed by atoms with Crippen molar-refractivity contribution in [1.29, 1.82) is 0 Å². The first kappa shape index (κ1) is 10.8. The van der Waals surface area contributed by atoms with Gasteiger partial charge in [0.15, 0.2) is 0 Å². The molecule has 0 radical (unpaired) electrons. The molecule has 1 aliphatic rings. The topological polar surface area (TPSA) is 12.0 Å². The number of halogens is 3. The van der Waals surface area contributed by atoms with Crippen molar-refractivity contribution in [2.24, 2.45) is 5.92 Å². The van der Waals surface area contributed by atoms with Gasteiger partial charge in [0.2, 0.25) is 0 Å². The highest BCUT2D eigenvalue weighted by Gasteiger charge is 2.41. The lowest BCUT2D eigenvalue weighted by atomic mass is 9.92. The fourth-order valence-electron chi connectivity index (χ4n) is 1.79. The SMILES string of the molecule is CCCC1CCC(C(F)(F)F)CN1. The van der Waals surface area contributed by atoms with Crippen LogP contribution < -0.4 is 5.32 Å². The molecule has 2 atom stereocenters. The summed E-state index contributed by atoms with van der Waals surface area (Å²) in [5.74, 6) is -1.12. The quantitative estimate of drug-likeness (QED) is 0.714. The molecule has 1 N–H and O–H groups in total. The number of piperidine rings is 1. The molecule has 0 aromatic carbocycles. The molecular weight excluding hydrogens is 179 g/mol. The summed E-state index contributed by atoms with van der Waals surface area (Å²) < 4.78 is 36.6. The van der Waals surface area contributed by atoms with Gasteiger partial charge in [0, 0.05) is 12.6 Å². The Morgan fingerprint density at radius 3 is 2.38 bits per heavy atom. The number of rotatable bonds is 2. The summed E-state index contributed by atoms with van der Waals surface area (Å²) >= 11 is 0. The van der Waals surface area contributed by atoms with Crippen LogP contribution in [0, 0.1) is 5.92 Å². The second kappa shape index (κ2) is 4.31. The second-order valence-corrected chi connectivity index (χ2v) is 3.71. The smallest absolute Gasteiger partial charge is 0.313 e. The van der Waals surface area contributed by atoms with Crippen LogP contribution >= 0.6 is 0 Å². The van der Waals surface area contributed by atoms with Crippen molar-refractivity contribution in [3.8, 4) is 0 Å². The van der Waals surface area contributed by atoms with Gasteiger partial charge < -0.3 is 5.32 Å². The summed E-state index contributed by atoms with van der Waals surface area (Å²) in [6.07, 6.45) is -1.03. The zero-order chi connectivity index (χ0) is 9.90. The third kappa shape index (κ3) is 3.18. The minimum atomic E-state index is -4.01. The van der Waals surface area contributed by atoms with Gasteiger partial charge >= 0.3 is 6.18 Å². The van der Waals surface area contributed by atoms with E-state index in [1.165, 1.54) is 0 Å². The van der Waals surface area contributed by atoms with Crippen LogP contribution in [0.1, 0.15) is 32.6 Å². The maximum atomic E-state index is 12.2. The Hall–Kier alpha value is -0.250. The molecule has 78 valence electrons. The highest BCUT2D eigenvalue weighted by Crippen LogP contribution is 2.32. The molecular formula is C9H16F3N. The Bertz CT molecular complexity index is 147. The Kier molecular flexibility index (Phi) is 3.59. The first-order chi connectivity index (χ1) is 6.04. The molecule has 0 bridgehead atoms. The van der Waals surface area contributed by atoms with Gasteiger partial charge in [0.25, 0.3) is 0 Å². The molecule has 2 unspecified atom stereocenters. The van der Waals surface area contributed by atoms with Gasteiger partial charge in [-0.1, -0.05) is 13.3 Å². The van der Waals surface area contributed by atoms with Crippen LogP contribution in [0.5, 0.6) is 0 Å². The summed E-state index contributed by atoms with van der Waals surface area (Å²) in [5, 5.41) is 2.96. The first-order valence-electron chi connectivity index (χ1n) is 4.84. The van der Waals surface area contributed by atoms with Crippen molar-refractivity contribution in [2.75, 3.05) is 6.54 Å².